The Balaban J connectivity index is 1.99. The van der Waals surface area contributed by atoms with E-state index in [1.165, 1.54) is 24.2 Å². The number of carbonyl (C=O) groups is 2. The van der Waals surface area contributed by atoms with Crippen LogP contribution in [0.2, 0.25) is 0 Å². The fourth-order valence-corrected chi connectivity index (χ4v) is 2.78. The summed E-state index contributed by atoms with van der Waals surface area (Å²) in [5.74, 6) is 0.362. The quantitative estimate of drug-likeness (QED) is 0.522. The number of benzene rings is 1. The van der Waals surface area contributed by atoms with Gasteiger partial charge in [0.1, 0.15) is 5.82 Å². The number of ether oxygens (including phenoxy) is 1. The number of nitrogens with one attached hydrogen (secondary N) is 2. The van der Waals surface area contributed by atoms with E-state index in [0.29, 0.717) is 34.3 Å². The normalized spacial score (nSPS) is 10.1. The second-order valence-electron chi connectivity index (χ2n) is 6.54. The van der Waals surface area contributed by atoms with E-state index < -0.39 is 5.91 Å². The summed E-state index contributed by atoms with van der Waals surface area (Å²) >= 11 is 0. The maximum atomic E-state index is 12.8. The molecule has 0 saturated heterocycles. The topological polar surface area (TPSA) is 109 Å². The van der Waals surface area contributed by atoms with Crippen LogP contribution in [-0.4, -0.2) is 33.9 Å². The predicted molar refractivity (Wildman–Crippen MR) is 123 cm³/mol. The van der Waals surface area contributed by atoms with E-state index in [9.17, 15) is 9.59 Å². The highest BCUT2D eigenvalue weighted by Gasteiger charge is 2.21. The summed E-state index contributed by atoms with van der Waals surface area (Å²) in [6, 6.07) is 10.3. The van der Waals surface area contributed by atoms with Crippen LogP contribution in [0.15, 0.2) is 74.1 Å². The number of rotatable bonds is 8. The predicted octanol–water partition coefficient (Wildman–Crippen LogP) is 3.91. The first kappa shape index (κ1) is 22.2. The van der Waals surface area contributed by atoms with Crippen molar-refractivity contribution in [1.29, 1.82) is 0 Å². The van der Waals surface area contributed by atoms with Crippen LogP contribution in [0, 0.1) is 6.92 Å². The summed E-state index contributed by atoms with van der Waals surface area (Å²) in [5.41, 5.74) is 2.31. The molecular weight excluding hydrogens is 408 g/mol. The zero-order chi connectivity index (χ0) is 23.1. The van der Waals surface area contributed by atoms with Gasteiger partial charge < -0.3 is 15.4 Å². The molecule has 0 aliphatic heterocycles. The lowest BCUT2D eigenvalue weighted by Gasteiger charge is -2.23. The van der Waals surface area contributed by atoms with E-state index >= 15 is 0 Å². The van der Waals surface area contributed by atoms with Gasteiger partial charge in [0.2, 0.25) is 17.7 Å². The molecule has 2 amide bonds. The second kappa shape index (κ2) is 9.98. The van der Waals surface area contributed by atoms with Crippen LogP contribution in [0.5, 0.6) is 5.88 Å². The van der Waals surface area contributed by atoms with Crippen LogP contribution in [0.3, 0.4) is 0 Å². The Kier molecular flexibility index (Phi) is 6.92. The maximum absolute atomic E-state index is 12.8. The molecule has 0 fully saturated rings. The molecule has 0 radical (unpaired) electrons. The molecule has 3 rings (SSSR count). The van der Waals surface area contributed by atoms with Gasteiger partial charge in [-0.2, -0.15) is 4.98 Å². The zero-order valence-electron chi connectivity index (χ0n) is 17.7. The highest BCUT2D eigenvalue weighted by molar-refractivity contribution is 6.07. The summed E-state index contributed by atoms with van der Waals surface area (Å²) in [4.78, 5) is 38.8. The van der Waals surface area contributed by atoms with Gasteiger partial charge in [0.05, 0.1) is 24.7 Å². The number of aromatic nitrogens is 3. The number of hydrogen-bond donors (Lipinski definition) is 2. The lowest BCUT2D eigenvalue weighted by Crippen LogP contribution is -2.26. The Morgan fingerprint density at radius 3 is 2.53 bits per heavy atom. The highest BCUT2D eigenvalue weighted by Crippen LogP contribution is 2.30. The van der Waals surface area contributed by atoms with Crippen molar-refractivity contribution in [3.63, 3.8) is 0 Å². The third-order valence-corrected chi connectivity index (χ3v) is 4.31. The van der Waals surface area contributed by atoms with Crippen LogP contribution in [-0.2, 0) is 9.59 Å². The van der Waals surface area contributed by atoms with Crippen molar-refractivity contribution in [1.82, 2.24) is 15.0 Å². The molecule has 2 heterocycles. The molecule has 1 aromatic carbocycles. The Labute approximate surface area is 185 Å². The summed E-state index contributed by atoms with van der Waals surface area (Å²) < 4.78 is 5.06. The molecule has 0 atom stereocenters. The van der Waals surface area contributed by atoms with Gasteiger partial charge in [0.25, 0.3) is 5.91 Å². The van der Waals surface area contributed by atoms with E-state index in [-0.39, 0.29) is 11.9 Å². The minimum atomic E-state index is -0.393. The molecule has 32 heavy (non-hydrogen) atoms. The van der Waals surface area contributed by atoms with Gasteiger partial charge in [0.15, 0.2) is 0 Å². The highest BCUT2D eigenvalue weighted by atomic mass is 16.5. The van der Waals surface area contributed by atoms with Gasteiger partial charge >= 0.3 is 0 Å². The molecule has 0 aliphatic carbocycles. The van der Waals surface area contributed by atoms with E-state index in [4.69, 9.17) is 4.74 Å². The number of methoxy groups -OCH3 is 1. The van der Waals surface area contributed by atoms with Gasteiger partial charge in [-0.15, -0.1) is 0 Å². The lowest BCUT2D eigenvalue weighted by atomic mass is 10.2. The summed E-state index contributed by atoms with van der Waals surface area (Å²) in [5, 5.41) is 5.74. The van der Waals surface area contributed by atoms with Crippen molar-refractivity contribution in [2.24, 2.45) is 0 Å². The van der Waals surface area contributed by atoms with Gasteiger partial charge in [-0.25, -0.2) is 9.97 Å². The Hall–Kier alpha value is -4.53. The number of anilines is 5. The lowest BCUT2D eigenvalue weighted by molar-refractivity contribution is -0.113. The van der Waals surface area contributed by atoms with E-state index in [0.717, 1.165) is 0 Å². The SMILES string of the molecule is C=CC(=O)Nc1cccc(N(C(=O)C=C)c2nc(Nc3ccc(OC)nc3)ncc2C)c1. The second-order valence-corrected chi connectivity index (χ2v) is 6.54. The first-order valence-electron chi connectivity index (χ1n) is 9.56. The summed E-state index contributed by atoms with van der Waals surface area (Å²) in [7, 11) is 1.54. The molecule has 2 aromatic heterocycles. The monoisotopic (exact) mass is 430 g/mol. The van der Waals surface area contributed by atoms with E-state index in [1.807, 2.05) is 0 Å². The molecule has 0 unspecified atom stereocenters. The Bertz CT molecular complexity index is 1160. The smallest absolute Gasteiger partial charge is 0.256 e. The molecule has 0 bridgehead atoms. The third kappa shape index (κ3) is 5.14. The number of amides is 2. The fraction of sp³-hybridized carbons (Fsp3) is 0.0870. The first-order chi connectivity index (χ1) is 15.4. The standard InChI is InChI=1S/C23H22N6O3/c1-5-19(30)26-16-8-7-9-18(12-16)29(21(31)6-2)22-15(3)13-25-23(28-22)27-17-10-11-20(32-4)24-14-17/h5-14H,1-2H2,3-4H3,(H,26,30)(H,25,27,28). The number of carbonyl (C=O) groups excluding carboxylic acids is 2. The van der Waals surface area contributed by atoms with Crippen LogP contribution in [0.25, 0.3) is 0 Å². The molecule has 0 aliphatic rings. The molecule has 9 nitrogen and oxygen atoms in total. The van der Waals surface area contributed by atoms with Gasteiger partial charge in [-0.05, 0) is 43.3 Å². The van der Waals surface area contributed by atoms with Crippen LogP contribution in [0.1, 0.15) is 5.56 Å². The van der Waals surface area contributed by atoms with Crippen LogP contribution < -0.4 is 20.3 Å². The van der Waals surface area contributed by atoms with Crippen molar-refractivity contribution >= 4 is 40.6 Å². The Morgan fingerprint density at radius 1 is 1.06 bits per heavy atom. The molecule has 0 saturated carbocycles. The fourth-order valence-electron chi connectivity index (χ4n) is 2.78. The summed E-state index contributed by atoms with van der Waals surface area (Å²) in [6.07, 6.45) is 5.55. The van der Waals surface area contributed by atoms with Gasteiger partial charge in [0, 0.05) is 23.5 Å². The largest absolute Gasteiger partial charge is 0.481 e. The van der Waals surface area contributed by atoms with Crippen molar-refractivity contribution in [3.8, 4) is 5.88 Å². The van der Waals surface area contributed by atoms with Crippen molar-refractivity contribution in [3.05, 3.63) is 79.7 Å². The first-order valence-corrected chi connectivity index (χ1v) is 9.56. The average Bonchev–Trinajstić information content (AvgIpc) is 2.81. The molecule has 3 aromatic rings. The Morgan fingerprint density at radius 2 is 1.88 bits per heavy atom. The third-order valence-electron chi connectivity index (χ3n) is 4.31. The minimum absolute atomic E-state index is 0.274. The molecule has 2 N–H and O–H groups in total. The van der Waals surface area contributed by atoms with E-state index in [1.54, 1.807) is 55.7 Å². The number of pyridine rings is 1. The van der Waals surface area contributed by atoms with Crippen molar-refractivity contribution < 1.29 is 14.3 Å². The molecular formula is C23H22N6O3. The van der Waals surface area contributed by atoms with Crippen LogP contribution >= 0.6 is 0 Å². The minimum Gasteiger partial charge on any atom is -0.481 e. The summed E-state index contributed by atoms with van der Waals surface area (Å²) in [6.45, 7) is 8.84. The maximum Gasteiger partial charge on any atom is 0.256 e. The molecule has 0 spiro atoms. The van der Waals surface area contributed by atoms with Gasteiger partial charge in [-0.1, -0.05) is 19.2 Å². The number of aryl methyl sites for hydroxylation is 1. The average molecular weight is 430 g/mol. The van der Waals surface area contributed by atoms with E-state index in [2.05, 4.69) is 38.7 Å². The molecule has 162 valence electrons. The number of nitrogens with zero attached hydrogens (tertiary/aromatic N) is 4. The van der Waals surface area contributed by atoms with Crippen LogP contribution in [0.4, 0.5) is 28.8 Å². The zero-order valence-corrected chi connectivity index (χ0v) is 17.7. The molecule has 9 heteroatoms. The van der Waals surface area contributed by atoms with Gasteiger partial charge in [-0.3, -0.25) is 14.5 Å². The number of hydrogen-bond acceptors (Lipinski definition) is 7. The van der Waals surface area contributed by atoms with Crippen molar-refractivity contribution in [2.75, 3.05) is 22.6 Å². The van der Waals surface area contributed by atoms with Crippen molar-refractivity contribution in [2.45, 2.75) is 6.92 Å².